The van der Waals surface area contributed by atoms with Crippen LogP contribution in [0.1, 0.15) is 11.3 Å². The summed E-state index contributed by atoms with van der Waals surface area (Å²) in [6.07, 6.45) is 5.04. The van der Waals surface area contributed by atoms with Gasteiger partial charge in [0.2, 0.25) is 0 Å². The number of rotatable bonds is 10. The second-order valence-corrected chi connectivity index (χ2v) is 12.0. The first-order chi connectivity index (χ1) is 21.1. The number of morpholine rings is 1. The molecule has 0 radical (unpaired) electrons. The number of piperazine rings is 1. The Kier molecular flexibility index (Phi) is 7.55. The van der Waals surface area contributed by atoms with Crippen LogP contribution in [0.15, 0.2) is 30.6 Å². The highest BCUT2D eigenvalue weighted by atomic mass is 32.1. The summed E-state index contributed by atoms with van der Waals surface area (Å²) in [7, 11) is 3.39. The number of hydrogen-bond donors (Lipinski definition) is 2. The zero-order chi connectivity index (χ0) is 29.5. The van der Waals surface area contributed by atoms with E-state index in [0.717, 1.165) is 84.0 Å². The molecule has 0 bridgehead atoms. The predicted octanol–water partition coefficient (Wildman–Crippen LogP) is 3.56. The second-order valence-electron chi connectivity index (χ2n) is 11.0. The average Bonchev–Trinajstić information content (AvgIpc) is 3.45. The molecule has 224 valence electrons. The molecule has 43 heavy (non-hydrogen) atoms. The number of nitrogens with zero attached hydrogens (tertiary/aromatic N) is 7. The zero-order valence-electron chi connectivity index (χ0n) is 24.5. The number of aromatic nitrogens is 4. The Morgan fingerprint density at radius 1 is 1.16 bits per heavy atom. The molecule has 3 aliphatic heterocycles. The molecule has 0 spiro atoms. The lowest BCUT2D eigenvalue weighted by molar-refractivity contribution is -0.113. The van der Waals surface area contributed by atoms with Gasteiger partial charge in [0, 0.05) is 82.3 Å². The maximum absolute atomic E-state index is 8.14. The Labute approximate surface area is 254 Å². The topological polar surface area (TPSA) is 125 Å². The first kappa shape index (κ1) is 27.9. The van der Waals surface area contributed by atoms with E-state index in [4.69, 9.17) is 34.6 Å². The number of methoxy groups -OCH3 is 2. The van der Waals surface area contributed by atoms with E-state index in [0.29, 0.717) is 35.5 Å². The standard InChI is InChI=1S/C30H35N9O3S/c1-18-19(14-31)21(12-22(33-18)20-15-32-5-4-24(20)41-3)34-27-13-26-28(29(35-27)39-16-25-23(39)17-42-25)36-30(43-26)38-8-6-37(7-9-38)10-11-40-2/h4-5,12-15,23,25,31H,6-11,16-17H2,1-3H3,(H,33,34,35). The van der Waals surface area contributed by atoms with Crippen molar-refractivity contribution in [3.8, 4) is 17.0 Å². The van der Waals surface area contributed by atoms with Gasteiger partial charge in [-0.15, -0.1) is 0 Å². The van der Waals surface area contributed by atoms with E-state index in [2.05, 4.69) is 31.1 Å². The molecule has 3 fully saturated rings. The third-order valence-corrected chi connectivity index (χ3v) is 9.56. The van der Waals surface area contributed by atoms with Crippen LogP contribution in [0, 0.1) is 12.3 Å². The van der Waals surface area contributed by atoms with Gasteiger partial charge in [0.15, 0.2) is 10.9 Å². The minimum Gasteiger partial charge on any atom is -0.496 e. The quantitative estimate of drug-likeness (QED) is 0.259. The fraction of sp³-hybridized carbons (Fsp3) is 0.433. The summed E-state index contributed by atoms with van der Waals surface area (Å²) in [5, 5.41) is 12.7. The number of nitrogens with one attached hydrogen (secondary N) is 2. The SMILES string of the molecule is COCCN1CCN(c2nc3c(N4CC5OCC54)nc(Nc4cc(-c5cnccc5OC)nc(C)c4C=N)cc3s2)CC1. The zero-order valence-corrected chi connectivity index (χ0v) is 25.4. The van der Waals surface area contributed by atoms with E-state index < -0.39 is 0 Å². The lowest BCUT2D eigenvalue weighted by Crippen LogP contribution is -2.71. The largest absolute Gasteiger partial charge is 0.496 e. The number of hydrogen-bond acceptors (Lipinski definition) is 13. The molecule has 4 aromatic heterocycles. The maximum Gasteiger partial charge on any atom is 0.186 e. The molecule has 0 amide bonds. The Balaban J connectivity index is 1.24. The Morgan fingerprint density at radius 3 is 2.72 bits per heavy atom. The smallest absolute Gasteiger partial charge is 0.186 e. The first-order valence-electron chi connectivity index (χ1n) is 14.5. The highest BCUT2D eigenvalue weighted by Gasteiger charge is 2.48. The van der Waals surface area contributed by atoms with Crippen LogP contribution in [0.3, 0.4) is 0 Å². The highest BCUT2D eigenvalue weighted by Crippen LogP contribution is 2.42. The predicted molar refractivity (Wildman–Crippen MR) is 169 cm³/mol. The lowest BCUT2D eigenvalue weighted by atomic mass is 9.95. The monoisotopic (exact) mass is 601 g/mol. The molecule has 0 aliphatic carbocycles. The second kappa shape index (κ2) is 11.6. The van der Waals surface area contributed by atoms with E-state index in [-0.39, 0.29) is 6.10 Å². The summed E-state index contributed by atoms with van der Waals surface area (Å²) in [5.41, 5.74) is 4.58. The van der Waals surface area contributed by atoms with E-state index in [1.54, 1.807) is 38.0 Å². The van der Waals surface area contributed by atoms with Crippen LogP contribution < -0.4 is 19.9 Å². The van der Waals surface area contributed by atoms with Crippen molar-refractivity contribution in [2.24, 2.45) is 0 Å². The van der Waals surface area contributed by atoms with Crippen molar-refractivity contribution in [1.82, 2.24) is 24.8 Å². The molecule has 3 aliphatic rings. The van der Waals surface area contributed by atoms with Gasteiger partial charge in [-0.1, -0.05) is 11.3 Å². The Bertz CT molecular complexity index is 1660. The van der Waals surface area contributed by atoms with Crippen molar-refractivity contribution in [3.05, 3.63) is 41.9 Å². The number of thiazole rings is 1. The fourth-order valence-electron chi connectivity index (χ4n) is 5.90. The van der Waals surface area contributed by atoms with Crippen LogP contribution in [0.4, 0.5) is 22.5 Å². The highest BCUT2D eigenvalue weighted by molar-refractivity contribution is 7.22. The number of ether oxygens (including phenoxy) is 3. The van der Waals surface area contributed by atoms with Crippen molar-refractivity contribution < 1.29 is 14.2 Å². The third kappa shape index (κ3) is 5.16. The number of aryl methyl sites for hydroxylation is 1. The van der Waals surface area contributed by atoms with Gasteiger partial charge in [-0.3, -0.25) is 14.9 Å². The van der Waals surface area contributed by atoms with E-state index in [1.165, 1.54) is 6.21 Å². The van der Waals surface area contributed by atoms with Crippen LogP contribution >= 0.6 is 11.3 Å². The van der Waals surface area contributed by atoms with Gasteiger partial charge < -0.3 is 34.7 Å². The summed E-state index contributed by atoms with van der Waals surface area (Å²) < 4.78 is 17.6. The van der Waals surface area contributed by atoms with Crippen molar-refractivity contribution in [1.29, 1.82) is 5.41 Å². The van der Waals surface area contributed by atoms with E-state index in [9.17, 15) is 0 Å². The van der Waals surface area contributed by atoms with E-state index >= 15 is 0 Å². The van der Waals surface area contributed by atoms with Gasteiger partial charge in [-0.2, -0.15) is 0 Å². The Morgan fingerprint density at radius 2 is 2.02 bits per heavy atom. The van der Waals surface area contributed by atoms with Gasteiger partial charge in [-0.05, 0) is 19.1 Å². The molecular weight excluding hydrogens is 566 g/mol. The number of pyridine rings is 3. The van der Waals surface area contributed by atoms with Crippen LogP contribution in [-0.4, -0.2) is 110 Å². The number of fused-ring (bicyclic) bond motifs is 2. The molecule has 0 aromatic carbocycles. The summed E-state index contributed by atoms with van der Waals surface area (Å²) in [4.78, 5) is 26.4. The molecule has 12 nitrogen and oxygen atoms in total. The molecule has 7 rings (SSSR count). The van der Waals surface area contributed by atoms with Crippen molar-refractivity contribution in [2.45, 2.75) is 19.1 Å². The molecule has 7 heterocycles. The normalized spacial score (nSPS) is 20.0. The van der Waals surface area contributed by atoms with Crippen molar-refractivity contribution >= 4 is 50.2 Å². The molecular formula is C30H35N9O3S. The van der Waals surface area contributed by atoms with Gasteiger partial charge >= 0.3 is 0 Å². The van der Waals surface area contributed by atoms with Crippen LogP contribution in [0.2, 0.25) is 0 Å². The maximum atomic E-state index is 8.14. The molecule has 2 N–H and O–H groups in total. The van der Waals surface area contributed by atoms with Gasteiger partial charge in [0.1, 0.15) is 17.1 Å². The summed E-state index contributed by atoms with van der Waals surface area (Å²) >= 11 is 1.70. The van der Waals surface area contributed by atoms with Crippen LogP contribution in [0.25, 0.3) is 21.5 Å². The van der Waals surface area contributed by atoms with Crippen molar-refractivity contribution in [2.75, 3.05) is 81.8 Å². The molecule has 0 saturated carbocycles. The third-order valence-electron chi connectivity index (χ3n) is 8.49. The first-order valence-corrected chi connectivity index (χ1v) is 15.3. The minimum absolute atomic E-state index is 0.274. The minimum atomic E-state index is 0.274. The molecule has 13 heteroatoms. The summed E-state index contributed by atoms with van der Waals surface area (Å²) in [6, 6.07) is 6.15. The summed E-state index contributed by atoms with van der Waals surface area (Å²) in [5.74, 6) is 2.26. The molecule has 2 atom stereocenters. The van der Waals surface area contributed by atoms with Gasteiger partial charge in [0.25, 0.3) is 0 Å². The summed E-state index contributed by atoms with van der Waals surface area (Å²) in [6.45, 7) is 8.97. The van der Waals surface area contributed by atoms with E-state index in [1.807, 2.05) is 19.1 Å². The van der Waals surface area contributed by atoms with Gasteiger partial charge in [0.05, 0.1) is 54.1 Å². The molecule has 2 unspecified atom stereocenters. The number of anilines is 4. The lowest BCUT2D eigenvalue weighted by Gasteiger charge is -2.55. The van der Waals surface area contributed by atoms with Crippen LogP contribution in [0.5, 0.6) is 5.75 Å². The average molecular weight is 602 g/mol. The van der Waals surface area contributed by atoms with Gasteiger partial charge in [-0.25, -0.2) is 9.97 Å². The molecule has 3 saturated heterocycles. The van der Waals surface area contributed by atoms with Crippen LogP contribution in [-0.2, 0) is 9.47 Å². The van der Waals surface area contributed by atoms with Crippen molar-refractivity contribution in [3.63, 3.8) is 0 Å². The Hall–Kier alpha value is -3.91. The molecule has 4 aromatic rings. The fourth-order valence-corrected chi connectivity index (χ4v) is 6.95.